The molecular formula is C9H7Cl2NO3. The van der Waals surface area contributed by atoms with E-state index in [4.69, 9.17) is 27.9 Å². The lowest BCUT2D eigenvalue weighted by Gasteiger charge is -2.15. The van der Waals surface area contributed by atoms with Gasteiger partial charge in [0, 0.05) is 0 Å². The van der Waals surface area contributed by atoms with E-state index in [0.29, 0.717) is 18.8 Å². The van der Waals surface area contributed by atoms with Crippen LogP contribution in [0.15, 0.2) is 12.1 Å². The summed E-state index contributed by atoms with van der Waals surface area (Å²) in [7, 11) is 0. The Morgan fingerprint density at radius 1 is 1.40 bits per heavy atom. The number of benzene rings is 1. The Morgan fingerprint density at radius 2 is 2.13 bits per heavy atom. The molecule has 1 saturated heterocycles. The zero-order chi connectivity index (χ0) is 11.0. The second-order valence-corrected chi connectivity index (χ2v) is 3.78. The van der Waals surface area contributed by atoms with Crippen molar-refractivity contribution >= 4 is 35.0 Å². The molecule has 1 aliphatic heterocycles. The molecule has 15 heavy (non-hydrogen) atoms. The standard InChI is InChI=1S/C9H7Cl2NO3/c10-5-1-2-6(8(13)7(5)11)12-3-4-15-9(12)14/h1-2,13H,3-4H2. The average Bonchev–Trinajstić information content (AvgIpc) is 2.62. The lowest BCUT2D eigenvalue weighted by molar-refractivity contribution is 0.181. The number of anilines is 1. The van der Waals surface area contributed by atoms with Crippen molar-refractivity contribution in [2.75, 3.05) is 18.1 Å². The van der Waals surface area contributed by atoms with Crippen LogP contribution in [0.1, 0.15) is 0 Å². The van der Waals surface area contributed by atoms with Gasteiger partial charge in [-0.2, -0.15) is 0 Å². The van der Waals surface area contributed by atoms with E-state index in [-0.39, 0.29) is 15.8 Å². The van der Waals surface area contributed by atoms with Crippen molar-refractivity contribution in [2.24, 2.45) is 0 Å². The third kappa shape index (κ3) is 1.70. The molecule has 0 bridgehead atoms. The van der Waals surface area contributed by atoms with Gasteiger partial charge in [0.15, 0.2) is 5.75 Å². The van der Waals surface area contributed by atoms with E-state index in [2.05, 4.69) is 0 Å². The third-order valence-corrected chi connectivity index (χ3v) is 2.89. The van der Waals surface area contributed by atoms with Crippen LogP contribution < -0.4 is 4.90 Å². The van der Waals surface area contributed by atoms with Gasteiger partial charge in [0.05, 0.1) is 17.3 Å². The molecule has 1 aromatic rings. The molecule has 1 fully saturated rings. The minimum Gasteiger partial charge on any atom is -0.504 e. The number of aromatic hydroxyl groups is 1. The topological polar surface area (TPSA) is 49.8 Å². The summed E-state index contributed by atoms with van der Waals surface area (Å²) in [4.78, 5) is 12.5. The Hall–Kier alpha value is -1.13. The molecule has 1 amide bonds. The van der Waals surface area contributed by atoms with E-state index in [9.17, 15) is 9.90 Å². The Labute approximate surface area is 96.0 Å². The van der Waals surface area contributed by atoms with Crippen LogP contribution in [-0.4, -0.2) is 24.4 Å². The van der Waals surface area contributed by atoms with Crippen LogP contribution in [0, 0.1) is 0 Å². The number of rotatable bonds is 1. The Balaban J connectivity index is 2.45. The molecule has 80 valence electrons. The molecule has 0 radical (unpaired) electrons. The summed E-state index contributed by atoms with van der Waals surface area (Å²) in [6.45, 7) is 0.697. The largest absolute Gasteiger partial charge is 0.504 e. The summed E-state index contributed by atoms with van der Waals surface area (Å²) in [5.74, 6) is -0.206. The van der Waals surface area contributed by atoms with Gasteiger partial charge in [0.1, 0.15) is 11.6 Å². The maximum absolute atomic E-state index is 11.2. The number of cyclic esters (lactones) is 1. The van der Waals surface area contributed by atoms with Crippen LogP contribution in [0.3, 0.4) is 0 Å². The van der Waals surface area contributed by atoms with E-state index >= 15 is 0 Å². The van der Waals surface area contributed by atoms with Gasteiger partial charge in [0.2, 0.25) is 0 Å². The second kappa shape index (κ2) is 3.79. The molecule has 6 heteroatoms. The fourth-order valence-electron chi connectivity index (χ4n) is 1.36. The summed E-state index contributed by atoms with van der Waals surface area (Å²) in [5, 5.41) is 9.97. The van der Waals surface area contributed by atoms with E-state index < -0.39 is 6.09 Å². The summed E-state index contributed by atoms with van der Waals surface area (Å²) < 4.78 is 4.74. The van der Waals surface area contributed by atoms with E-state index in [1.54, 1.807) is 0 Å². The van der Waals surface area contributed by atoms with E-state index in [1.165, 1.54) is 17.0 Å². The number of amides is 1. The number of phenols is 1. The monoisotopic (exact) mass is 247 g/mol. The first-order chi connectivity index (χ1) is 7.11. The Kier molecular flexibility index (Phi) is 2.63. The number of hydrogen-bond acceptors (Lipinski definition) is 3. The number of carbonyl (C=O) groups is 1. The molecule has 0 saturated carbocycles. The first-order valence-corrected chi connectivity index (χ1v) is 4.98. The van der Waals surface area contributed by atoms with Crippen LogP contribution >= 0.6 is 23.2 Å². The zero-order valence-electron chi connectivity index (χ0n) is 7.54. The molecule has 0 spiro atoms. The van der Waals surface area contributed by atoms with Gasteiger partial charge in [-0.1, -0.05) is 23.2 Å². The van der Waals surface area contributed by atoms with E-state index in [1.807, 2.05) is 0 Å². The number of halogens is 2. The minimum absolute atomic E-state index is 0.0360. The van der Waals surface area contributed by atoms with Crippen LogP contribution in [0.4, 0.5) is 10.5 Å². The number of carbonyl (C=O) groups excluding carboxylic acids is 1. The number of nitrogens with zero attached hydrogens (tertiary/aromatic N) is 1. The quantitative estimate of drug-likeness (QED) is 0.831. The van der Waals surface area contributed by atoms with Crippen molar-refractivity contribution in [3.8, 4) is 5.75 Å². The molecule has 2 rings (SSSR count). The highest BCUT2D eigenvalue weighted by Crippen LogP contribution is 2.39. The predicted octanol–water partition coefficient (Wildman–Crippen LogP) is 2.66. The molecule has 1 N–H and O–H groups in total. The Morgan fingerprint density at radius 3 is 2.73 bits per heavy atom. The smallest absolute Gasteiger partial charge is 0.414 e. The van der Waals surface area contributed by atoms with Crippen LogP contribution in [-0.2, 0) is 4.74 Å². The molecular weight excluding hydrogens is 241 g/mol. The Bertz CT molecular complexity index is 422. The molecule has 1 aromatic carbocycles. The van der Waals surface area contributed by atoms with Gasteiger partial charge in [-0.15, -0.1) is 0 Å². The van der Waals surface area contributed by atoms with Crippen LogP contribution in [0.5, 0.6) is 5.75 Å². The summed E-state index contributed by atoms with van der Waals surface area (Å²) in [5.41, 5.74) is 0.312. The van der Waals surface area contributed by atoms with Crippen molar-refractivity contribution < 1.29 is 14.6 Å². The lowest BCUT2D eigenvalue weighted by Crippen LogP contribution is -2.23. The van der Waals surface area contributed by atoms with Gasteiger partial charge >= 0.3 is 6.09 Å². The van der Waals surface area contributed by atoms with Crippen molar-refractivity contribution in [3.05, 3.63) is 22.2 Å². The maximum Gasteiger partial charge on any atom is 0.414 e. The predicted molar refractivity (Wildman–Crippen MR) is 56.8 cm³/mol. The van der Waals surface area contributed by atoms with Crippen LogP contribution in [0.2, 0.25) is 10.0 Å². The van der Waals surface area contributed by atoms with Gasteiger partial charge in [-0.05, 0) is 12.1 Å². The summed E-state index contributed by atoms with van der Waals surface area (Å²) in [6, 6.07) is 3.04. The average molecular weight is 248 g/mol. The maximum atomic E-state index is 11.2. The molecule has 1 heterocycles. The van der Waals surface area contributed by atoms with E-state index in [0.717, 1.165) is 0 Å². The van der Waals surface area contributed by atoms with Gasteiger partial charge in [-0.3, -0.25) is 4.90 Å². The first kappa shape index (κ1) is 10.4. The van der Waals surface area contributed by atoms with Crippen LogP contribution in [0.25, 0.3) is 0 Å². The summed E-state index contributed by atoms with van der Waals surface area (Å²) >= 11 is 11.5. The normalized spacial score (nSPS) is 15.6. The van der Waals surface area contributed by atoms with Gasteiger partial charge in [-0.25, -0.2) is 4.79 Å². The molecule has 0 aromatic heterocycles. The van der Waals surface area contributed by atoms with Crippen molar-refractivity contribution in [3.63, 3.8) is 0 Å². The first-order valence-electron chi connectivity index (χ1n) is 4.22. The number of phenolic OH excluding ortho intramolecular Hbond substituents is 1. The van der Waals surface area contributed by atoms with Crippen molar-refractivity contribution in [2.45, 2.75) is 0 Å². The molecule has 1 aliphatic rings. The SMILES string of the molecule is O=C1OCCN1c1ccc(Cl)c(Cl)c1O. The molecule has 0 unspecified atom stereocenters. The highest BCUT2D eigenvalue weighted by Gasteiger charge is 2.27. The zero-order valence-corrected chi connectivity index (χ0v) is 9.05. The fourth-order valence-corrected chi connectivity index (χ4v) is 1.67. The third-order valence-electron chi connectivity index (χ3n) is 2.10. The molecule has 0 atom stereocenters. The van der Waals surface area contributed by atoms with Gasteiger partial charge in [0.25, 0.3) is 0 Å². The molecule has 4 nitrogen and oxygen atoms in total. The fraction of sp³-hybridized carbons (Fsp3) is 0.222. The van der Waals surface area contributed by atoms with Gasteiger partial charge < -0.3 is 9.84 Å². The summed E-state index contributed by atoms with van der Waals surface area (Å²) in [6.07, 6.45) is -0.497. The number of hydrogen-bond donors (Lipinski definition) is 1. The molecule has 0 aliphatic carbocycles. The van der Waals surface area contributed by atoms with Crippen molar-refractivity contribution in [1.29, 1.82) is 0 Å². The second-order valence-electron chi connectivity index (χ2n) is 3.00. The lowest BCUT2D eigenvalue weighted by atomic mass is 10.2. The van der Waals surface area contributed by atoms with Crippen molar-refractivity contribution in [1.82, 2.24) is 0 Å². The minimum atomic E-state index is -0.497. The number of ether oxygens (including phenoxy) is 1. The highest BCUT2D eigenvalue weighted by atomic mass is 35.5. The highest BCUT2D eigenvalue weighted by molar-refractivity contribution is 6.43.